The standard InChI is InChI=1S/C21H35NO/c1-2-3-4-15-23-17-21-13-9-19(10-14-21)6-5-18-7-11-20(16-22)12-8-18/h4,15,18-21H,2-3,5-14,17H2,1H3/t18-,19-,20-,21-. The van der Waals surface area contributed by atoms with E-state index in [0.717, 1.165) is 43.6 Å². The van der Waals surface area contributed by atoms with E-state index in [-0.39, 0.29) is 0 Å². The van der Waals surface area contributed by atoms with E-state index < -0.39 is 0 Å². The van der Waals surface area contributed by atoms with Gasteiger partial charge in [0.25, 0.3) is 0 Å². The van der Waals surface area contributed by atoms with Crippen molar-refractivity contribution in [3.63, 3.8) is 0 Å². The molecule has 0 heterocycles. The van der Waals surface area contributed by atoms with Crippen LogP contribution in [-0.4, -0.2) is 6.61 Å². The fourth-order valence-electron chi connectivity index (χ4n) is 4.23. The molecule has 23 heavy (non-hydrogen) atoms. The summed E-state index contributed by atoms with van der Waals surface area (Å²) in [6.45, 7) is 3.12. The Kier molecular flexibility index (Phi) is 8.58. The molecule has 0 aromatic carbocycles. The summed E-state index contributed by atoms with van der Waals surface area (Å²) in [6, 6.07) is 2.45. The molecule has 0 N–H and O–H groups in total. The molecule has 2 aliphatic rings. The Bertz CT molecular complexity index is 368. The van der Waals surface area contributed by atoms with Gasteiger partial charge in [-0.15, -0.1) is 0 Å². The minimum absolute atomic E-state index is 0.355. The van der Waals surface area contributed by atoms with E-state index in [9.17, 15) is 0 Å². The van der Waals surface area contributed by atoms with Gasteiger partial charge in [-0.2, -0.15) is 5.26 Å². The molecule has 0 unspecified atom stereocenters. The summed E-state index contributed by atoms with van der Waals surface area (Å²) in [5.41, 5.74) is 0. The first kappa shape index (κ1) is 18.4. The van der Waals surface area contributed by atoms with Gasteiger partial charge in [-0.3, -0.25) is 0 Å². The number of nitriles is 1. The maximum atomic E-state index is 8.98. The second kappa shape index (κ2) is 10.7. The van der Waals surface area contributed by atoms with E-state index in [1.165, 1.54) is 57.8 Å². The van der Waals surface area contributed by atoms with Crippen molar-refractivity contribution in [1.29, 1.82) is 5.26 Å². The molecule has 0 amide bonds. The molecule has 2 aliphatic carbocycles. The van der Waals surface area contributed by atoms with Gasteiger partial charge < -0.3 is 4.74 Å². The zero-order chi connectivity index (χ0) is 16.3. The Balaban J connectivity index is 1.52. The summed E-state index contributed by atoms with van der Waals surface area (Å²) < 4.78 is 5.68. The Labute approximate surface area is 143 Å². The average molecular weight is 318 g/mol. The van der Waals surface area contributed by atoms with Gasteiger partial charge >= 0.3 is 0 Å². The zero-order valence-corrected chi connectivity index (χ0v) is 15.0. The molecule has 0 aromatic rings. The van der Waals surface area contributed by atoms with Gasteiger partial charge in [-0.05, 0) is 68.8 Å². The highest BCUT2D eigenvalue weighted by atomic mass is 16.5. The van der Waals surface area contributed by atoms with Crippen molar-refractivity contribution in [3.8, 4) is 6.07 Å². The molecule has 0 atom stereocenters. The van der Waals surface area contributed by atoms with Gasteiger partial charge in [0.2, 0.25) is 0 Å². The molecular formula is C21H35NO. The van der Waals surface area contributed by atoms with Crippen molar-refractivity contribution in [2.24, 2.45) is 23.7 Å². The van der Waals surface area contributed by atoms with Crippen molar-refractivity contribution >= 4 is 0 Å². The summed E-state index contributed by atoms with van der Waals surface area (Å²) >= 11 is 0. The van der Waals surface area contributed by atoms with Crippen molar-refractivity contribution in [2.75, 3.05) is 6.61 Å². The third kappa shape index (κ3) is 6.98. The smallest absolute Gasteiger partial charge is 0.0901 e. The second-order valence-electron chi connectivity index (χ2n) is 7.80. The van der Waals surface area contributed by atoms with Crippen LogP contribution in [0.2, 0.25) is 0 Å². The number of hydrogen-bond donors (Lipinski definition) is 0. The van der Waals surface area contributed by atoms with E-state index in [0.29, 0.717) is 5.92 Å². The highest BCUT2D eigenvalue weighted by Crippen LogP contribution is 2.36. The monoisotopic (exact) mass is 317 g/mol. The molecule has 2 nitrogen and oxygen atoms in total. The molecule has 0 aliphatic heterocycles. The normalized spacial score (nSPS) is 31.8. The molecule has 130 valence electrons. The molecule has 2 saturated carbocycles. The van der Waals surface area contributed by atoms with Gasteiger partial charge in [-0.25, -0.2) is 0 Å². The predicted molar refractivity (Wildman–Crippen MR) is 95.7 cm³/mol. The summed E-state index contributed by atoms with van der Waals surface area (Å²) in [7, 11) is 0. The van der Waals surface area contributed by atoms with E-state index in [2.05, 4.69) is 19.1 Å². The first-order valence-corrected chi connectivity index (χ1v) is 9.98. The molecule has 2 fully saturated rings. The van der Waals surface area contributed by atoms with Crippen LogP contribution < -0.4 is 0 Å². The minimum atomic E-state index is 0.355. The van der Waals surface area contributed by atoms with E-state index in [1.54, 1.807) is 0 Å². The van der Waals surface area contributed by atoms with E-state index >= 15 is 0 Å². The summed E-state index contributed by atoms with van der Waals surface area (Å²) in [5, 5.41) is 8.98. The van der Waals surface area contributed by atoms with Crippen molar-refractivity contribution < 1.29 is 4.74 Å². The maximum absolute atomic E-state index is 8.98. The third-order valence-electron chi connectivity index (χ3n) is 5.96. The van der Waals surface area contributed by atoms with Gasteiger partial charge in [0, 0.05) is 5.92 Å². The minimum Gasteiger partial charge on any atom is -0.501 e. The first-order chi connectivity index (χ1) is 11.3. The van der Waals surface area contributed by atoms with Crippen LogP contribution in [0, 0.1) is 35.0 Å². The van der Waals surface area contributed by atoms with Gasteiger partial charge in [0.1, 0.15) is 0 Å². The van der Waals surface area contributed by atoms with Crippen LogP contribution in [0.4, 0.5) is 0 Å². The maximum Gasteiger partial charge on any atom is 0.0901 e. The fourth-order valence-corrected chi connectivity index (χ4v) is 4.23. The van der Waals surface area contributed by atoms with Gasteiger partial charge in [-0.1, -0.05) is 39.0 Å². The number of unbranched alkanes of at least 4 members (excludes halogenated alkanes) is 1. The molecule has 0 aromatic heterocycles. The van der Waals surface area contributed by atoms with Crippen molar-refractivity contribution in [2.45, 2.75) is 84.0 Å². The number of allylic oxidation sites excluding steroid dienone is 1. The van der Waals surface area contributed by atoms with Crippen LogP contribution in [0.5, 0.6) is 0 Å². The lowest BCUT2D eigenvalue weighted by Gasteiger charge is -2.30. The van der Waals surface area contributed by atoms with Gasteiger partial charge in [0.05, 0.1) is 18.9 Å². The number of nitrogens with zero attached hydrogens (tertiary/aromatic N) is 1. The highest BCUT2D eigenvalue weighted by Gasteiger charge is 2.24. The molecule has 2 heteroatoms. The number of rotatable bonds is 8. The predicted octanol–water partition coefficient (Wildman–Crippen LogP) is 6.23. The van der Waals surface area contributed by atoms with Crippen LogP contribution in [-0.2, 0) is 4.74 Å². The van der Waals surface area contributed by atoms with Crippen molar-refractivity contribution in [3.05, 3.63) is 12.3 Å². The fraction of sp³-hybridized carbons (Fsp3) is 0.857. The van der Waals surface area contributed by atoms with Crippen LogP contribution in [0.25, 0.3) is 0 Å². The largest absolute Gasteiger partial charge is 0.501 e. The molecule has 0 saturated heterocycles. The summed E-state index contributed by atoms with van der Waals surface area (Å²) in [5.74, 6) is 3.00. The van der Waals surface area contributed by atoms with Crippen LogP contribution in [0.3, 0.4) is 0 Å². The summed E-state index contributed by atoms with van der Waals surface area (Å²) in [4.78, 5) is 0. The second-order valence-corrected chi connectivity index (χ2v) is 7.80. The molecular weight excluding hydrogens is 282 g/mol. The Morgan fingerprint density at radius 3 is 2.04 bits per heavy atom. The van der Waals surface area contributed by atoms with E-state index in [1.807, 2.05) is 6.26 Å². The third-order valence-corrected chi connectivity index (χ3v) is 5.96. The van der Waals surface area contributed by atoms with E-state index in [4.69, 9.17) is 10.00 Å². The lowest BCUT2D eigenvalue weighted by Crippen LogP contribution is -2.19. The van der Waals surface area contributed by atoms with Crippen molar-refractivity contribution in [1.82, 2.24) is 0 Å². The highest BCUT2D eigenvalue weighted by molar-refractivity contribution is 4.87. The first-order valence-electron chi connectivity index (χ1n) is 9.98. The van der Waals surface area contributed by atoms with Gasteiger partial charge in [0.15, 0.2) is 0 Å². The lowest BCUT2D eigenvalue weighted by atomic mass is 9.76. The lowest BCUT2D eigenvalue weighted by molar-refractivity contribution is 0.142. The number of hydrogen-bond acceptors (Lipinski definition) is 2. The Morgan fingerprint density at radius 2 is 1.48 bits per heavy atom. The SMILES string of the molecule is CCCC=COC[C@H]1CC[C@H](CC[C@H]2CC[C@H](C#N)CC2)CC1. The molecule has 0 bridgehead atoms. The van der Waals surface area contributed by atoms with Crippen LogP contribution >= 0.6 is 0 Å². The summed E-state index contributed by atoms with van der Waals surface area (Å²) in [6.07, 6.45) is 19.6. The Morgan fingerprint density at radius 1 is 0.913 bits per heavy atom. The quantitative estimate of drug-likeness (QED) is 0.497. The van der Waals surface area contributed by atoms with Crippen LogP contribution in [0.15, 0.2) is 12.3 Å². The molecule has 0 radical (unpaired) electrons. The average Bonchev–Trinajstić information content (AvgIpc) is 2.61. The molecule has 0 spiro atoms. The Hall–Kier alpha value is -0.970. The topological polar surface area (TPSA) is 33.0 Å². The molecule has 2 rings (SSSR count). The zero-order valence-electron chi connectivity index (χ0n) is 15.0. The van der Waals surface area contributed by atoms with Crippen LogP contribution in [0.1, 0.15) is 84.0 Å². The number of ether oxygens (including phenoxy) is 1.